The van der Waals surface area contributed by atoms with Gasteiger partial charge in [-0.3, -0.25) is 0 Å². The highest BCUT2D eigenvalue weighted by molar-refractivity contribution is 6.11. The lowest BCUT2D eigenvalue weighted by molar-refractivity contribution is 1.17. The first kappa shape index (κ1) is 43.8. The van der Waals surface area contributed by atoms with Crippen molar-refractivity contribution >= 4 is 60.7 Å². The van der Waals surface area contributed by atoms with Crippen LogP contribution >= 0.6 is 0 Å². The average Bonchev–Trinajstić information content (AvgIpc) is 4.01. The van der Waals surface area contributed by atoms with Crippen LogP contribution in [0.4, 0.5) is 17.1 Å². The standard InChI is InChI=1S/C72H49N3/c1-3-20-51(21-4-1)59-26-7-9-28-61(59)63-30-11-12-31-64(63)62-29-10-8-27-60(62)52-40-45-56(46-41-52)73(57-24-19-25-58(49-57)75-69-35-16-13-32-65(69)66-33-14-17-36-70(66)75)55-43-38-50(39-44-55)53-42-47-72-68(48-53)67-34-15-18-37-71(67)74(72)54-22-5-2-6-23-54/h1-49H. The van der Waals surface area contributed by atoms with Gasteiger partial charge >= 0.3 is 0 Å². The van der Waals surface area contributed by atoms with Crippen molar-refractivity contribution in [2.75, 3.05) is 4.90 Å². The maximum absolute atomic E-state index is 2.40. The van der Waals surface area contributed by atoms with Gasteiger partial charge < -0.3 is 14.0 Å². The Bertz CT molecular complexity index is 4340. The number of nitrogens with zero attached hydrogens (tertiary/aromatic N) is 3. The molecule has 0 aliphatic carbocycles. The van der Waals surface area contributed by atoms with Crippen molar-refractivity contribution in [2.24, 2.45) is 0 Å². The van der Waals surface area contributed by atoms with E-state index >= 15 is 0 Å². The minimum atomic E-state index is 1.07. The first-order valence-electron chi connectivity index (χ1n) is 25.8. The van der Waals surface area contributed by atoms with Crippen molar-refractivity contribution < 1.29 is 0 Å². The van der Waals surface area contributed by atoms with Gasteiger partial charge in [-0.15, -0.1) is 0 Å². The number of hydrogen-bond acceptors (Lipinski definition) is 1. The molecule has 0 aliphatic rings. The summed E-state index contributed by atoms with van der Waals surface area (Å²) < 4.78 is 4.77. The van der Waals surface area contributed by atoms with Crippen LogP contribution in [0.1, 0.15) is 0 Å². The summed E-state index contributed by atoms with van der Waals surface area (Å²) in [5.41, 5.74) is 22.1. The molecule has 0 aliphatic heterocycles. The summed E-state index contributed by atoms with van der Waals surface area (Å²) in [6.45, 7) is 0. The lowest BCUT2D eigenvalue weighted by Crippen LogP contribution is -2.10. The molecule has 0 fully saturated rings. The van der Waals surface area contributed by atoms with Crippen molar-refractivity contribution in [3.63, 3.8) is 0 Å². The number of hydrogen-bond donors (Lipinski definition) is 0. The summed E-state index contributed by atoms with van der Waals surface area (Å²) in [5.74, 6) is 0. The van der Waals surface area contributed by atoms with Gasteiger partial charge in [0.1, 0.15) is 0 Å². The highest BCUT2D eigenvalue weighted by atomic mass is 15.1. The van der Waals surface area contributed by atoms with E-state index in [4.69, 9.17) is 0 Å². The molecular weight excluding hydrogens is 907 g/mol. The topological polar surface area (TPSA) is 13.1 Å². The van der Waals surface area contributed by atoms with E-state index in [1.807, 2.05) is 0 Å². The molecular formula is C72H49N3. The number of para-hydroxylation sites is 4. The zero-order valence-electron chi connectivity index (χ0n) is 41.1. The fraction of sp³-hybridized carbons (Fsp3) is 0. The lowest BCUT2D eigenvalue weighted by atomic mass is 9.87. The monoisotopic (exact) mass is 955 g/mol. The van der Waals surface area contributed by atoms with E-state index in [-0.39, 0.29) is 0 Å². The van der Waals surface area contributed by atoms with E-state index in [1.54, 1.807) is 0 Å². The average molecular weight is 956 g/mol. The maximum Gasteiger partial charge on any atom is 0.0541 e. The van der Waals surface area contributed by atoms with Crippen LogP contribution in [0, 0.1) is 0 Å². The van der Waals surface area contributed by atoms with Gasteiger partial charge in [0.2, 0.25) is 0 Å². The fourth-order valence-electron chi connectivity index (χ4n) is 11.5. The minimum Gasteiger partial charge on any atom is -0.310 e. The second kappa shape index (κ2) is 18.6. The molecule has 3 heteroatoms. The van der Waals surface area contributed by atoms with Crippen LogP contribution in [0.2, 0.25) is 0 Å². The van der Waals surface area contributed by atoms with Crippen molar-refractivity contribution in [1.82, 2.24) is 9.13 Å². The van der Waals surface area contributed by atoms with Crippen molar-refractivity contribution in [3.05, 3.63) is 297 Å². The molecule has 0 spiro atoms. The van der Waals surface area contributed by atoms with Gasteiger partial charge in [-0.05, 0) is 141 Å². The van der Waals surface area contributed by atoms with Crippen LogP contribution in [0.25, 0.3) is 111 Å². The molecule has 2 heterocycles. The predicted molar refractivity (Wildman–Crippen MR) is 317 cm³/mol. The smallest absolute Gasteiger partial charge is 0.0541 e. The Kier molecular flexibility index (Phi) is 10.8. The molecule has 0 amide bonds. The van der Waals surface area contributed by atoms with Gasteiger partial charge in [-0.2, -0.15) is 0 Å². The molecule has 14 rings (SSSR count). The number of rotatable bonds is 10. The molecule has 352 valence electrons. The first-order valence-corrected chi connectivity index (χ1v) is 25.8. The van der Waals surface area contributed by atoms with Crippen molar-refractivity contribution in [1.29, 1.82) is 0 Å². The van der Waals surface area contributed by atoms with E-state index in [2.05, 4.69) is 311 Å². The van der Waals surface area contributed by atoms with Crippen LogP contribution in [-0.2, 0) is 0 Å². The minimum absolute atomic E-state index is 1.07. The molecule has 0 saturated heterocycles. The Morgan fingerprint density at radius 2 is 0.573 bits per heavy atom. The van der Waals surface area contributed by atoms with Gasteiger partial charge in [0.05, 0.1) is 22.1 Å². The van der Waals surface area contributed by atoms with Gasteiger partial charge in [0, 0.05) is 50.0 Å². The largest absolute Gasteiger partial charge is 0.310 e. The first-order chi connectivity index (χ1) is 37.2. The number of aromatic nitrogens is 2. The molecule has 14 aromatic rings. The summed E-state index contributed by atoms with van der Waals surface area (Å²) in [6.07, 6.45) is 0. The molecule has 2 aromatic heterocycles. The number of anilines is 3. The second-order valence-electron chi connectivity index (χ2n) is 19.2. The van der Waals surface area contributed by atoms with E-state index < -0.39 is 0 Å². The molecule has 0 atom stereocenters. The van der Waals surface area contributed by atoms with Crippen LogP contribution in [0.15, 0.2) is 297 Å². The molecule has 0 radical (unpaired) electrons. The van der Waals surface area contributed by atoms with E-state index in [0.717, 1.165) is 39.6 Å². The molecule has 0 N–H and O–H groups in total. The molecule has 3 nitrogen and oxygen atoms in total. The van der Waals surface area contributed by atoms with Gasteiger partial charge in [0.15, 0.2) is 0 Å². The summed E-state index contributed by atoms with van der Waals surface area (Å²) in [4.78, 5) is 2.39. The molecule has 0 saturated carbocycles. The number of benzene rings is 12. The van der Waals surface area contributed by atoms with Crippen molar-refractivity contribution in [3.8, 4) is 67.0 Å². The quantitative estimate of drug-likeness (QED) is 0.133. The van der Waals surface area contributed by atoms with Crippen LogP contribution in [-0.4, -0.2) is 9.13 Å². The SMILES string of the molecule is c1ccc(-c2ccccc2-c2ccccc2-c2ccccc2-c2ccc(N(c3ccc(-c4ccc5c(c4)c4ccccc4n5-c4ccccc4)cc3)c3cccc(-n4c5ccccc5c5ccccc54)c3)cc2)cc1. The predicted octanol–water partition coefficient (Wildman–Crippen LogP) is 19.7. The van der Waals surface area contributed by atoms with Gasteiger partial charge in [-0.1, -0.05) is 212 Å². The van der Waals surface area contributed by atoms with Crippen LogP contribution in [0.5, 0.6) is 0 Å². The van der Waals surface area contributed by atoms with Crippen molar-refractivity contribution in [2.45, 2.75) is 0 Å². The van der Waals surface area contributed by atoms with E-state index in [1.165, 1.54) is 88.1 Å². The highest BCUT2D eigenvalue weighted by Crippen LogP contribution is 2.44. The third-order valence-electron chi connectivity index (χ3n) is 15.0. The summed E-state index contributed by atoms with van der Waals surface area (Å²) >= 11 is 0. The fourth-order valence-corrected chi connectivity index (χ4v) is 11.5. The van der Waals surface area contributed by atoms with E-state index in [9.17, 15) is 0 Å². The summed E-state index contributed by atoms with van der Waals surface area (Å²) in [6, 6.07) is 108. The molecule has 12 aromatic carbocycles. The Morgan fingerprint density at radius 1 is 0.200 bits per heavy atom. The maximum atomic E-state index is 2.40. The summed E-state index contributed by atoms with van der Waals surface area (Å²) in [5, 5.41) is 4.97. The van der Waals surface area contributed by atoms with Crippen LogP contribution < -0.4 is 4.90 Å². The second-order valence-corrected chi connectivity index (χ2v) is 19.2. The van der Waals surface area contributed by atoms with Crippen LogP contribution in [0.3, 0.4) is 0 Å². The Hall–Kier alpha value is -9.96. The highest BCUT2D eigenvalue weighted by Gasteiger charge is 2.20. The summed E-state index contributed by atoms with van der Waals surface area (Å²) in [7, 11) is 0. The zero-order valence-corrected chi connectivity index (χ0v) is 41.1. The lowest BCUT2D eigenvalue weighted by Gasteiger charge is -2.27. The number of fused-ring (bicyclic) bond motifs is 6. The normalized spacial score (nSPS) is 11.5. The molecule has 0 unspecified atom stereocenters. The Morgan fingerprint density at radius 3 is 1.12 bits per heavy atom. The third kappa shape index (κ3) is 7.69. The molecule has 0 bridgehead atoms. The zero-order chi connectivity index (χ0) is 49.7. The van der Waals surface area contributed by atoms with Gasteiger partial charge in [-0.25, -0.2) is 0 Å². The third-order valence-corrected chi connectivity index (χ3v) is 15.0. The van der Waals surface area contributed by atoms with Gasteiger partial charge in [0.25, 0.3) is 0 Å². The Balaban J connectivity index is 0.876. The Labute approximate surface area is 436 Å². The van der Waals surface area contributed by atoms with E-state index in [0.29, 0.717) is 0 Å². The molecule has 75 heavy (non-hydrogen) atoms.